The fraction of sp³-hybridized carbons (Fsp3) is 0. The number of hydrazine groups is 2. The molecule has 1 aromatic carbocycles. The molecule has 0 aliphatic carbocycles. The summed E-state index contributed by atoms with van der Waals surface area (Å²) in [5, 5.41) is 1.41. The standard InChI is InChI=1S/C9H9N5/c10-14-9-8(11-5-12-9)6-3-1-2-4-7(6)13-14/h1-5,13H,10H2,(H,11,12). The highest BCUT2D eigenvalue weighted by Gasteiger charge is 2.21. The molecule has 5 heteroatoms. The van der Waals surface area contributed by atoms with Crippen molar-refractivity contribution in [3.05, 3.63) is 30.6 Å². The summed E-state index contributed by atoms with van der Waals surface area (Å²) in [6, 6.07) is 7.93. The van der Waals surface area contributed by atoms with Gasteiger partial charge in [-0.2, -0.15) is 0 Å². The number of hydrogen-bond donors (Lipinski definition) is 3. The van der Waals surface area contributed by atoms with Crippen molar-refractivity contribution in [2.24, 2.45) is 5.84 Å². The van der Waals surface area contributed by atoms with E-state index in [0.717, 1.165) is 16.9 Å². The van der Waals surface area contributed by atoms with Crippen molar-refractivity contribution < 1.29 is 0 Å². The first-order chi connectivity index (χ1) is 6.86. The van der Waals surface area contributed by atoms with Gasteiger partial charge in [0.15, 0.2) is 5.82 Å². The van der Waals surface area contributed by atoms with Crippen LogP contribution in [-0.4, -0.2) is 9.97 Å². The minimum Gasteiger partial charge on any atom is -0.343 e. The minimum atomic E-state index is 0.712. The van der Waals surface area contributed by atoms with Crippen LogP contribution in [-0.2, 0) is 0 Å². The van der Waals surface area contributed by atoms with E-state index in [-0.39, 0.29) is 0 Å². The van der Waals surface area contributed by atoms with Crippen LogP contribution in [0.25, 0.3) is 11.3 Å². The number of hydrogen-bond acceptors (Lipinski definition) is 4. The highest BCUT2D eigenvalue weighted by Crippen LogP contribution is 2.35. The van der Waals surface area contributed by atoms with E-state index in [1.807, 2.05) is 24.3 Å². The van der Waals surface area contributed by atoms with Crippen LogP contribution in [0.3, 0.4) is 0 Å². The maximum atomic E-state index is 5.75. The molecule has 0 radical (unpaired) electrons. The van der Waals surface area contributed by atoms with Gasteiger partial charge in [-0.25, -0.2) is 15.9 Å². The maximum Gasteiger partial charge on any atom is 0.189 e. The molecular formula is C9H9N5. The number of rotatable bonds is 0. The molecule has 1 aromatic heterocycles. The summed E-state index contributed by atoms with van der Waals surface area (Å²) in [7, 11) is 0. The Morgan fingerprint density at radius 3 is 3.07 bits per heavy atom. The number of nitrogens with zero attached hydrogens (tertiary/aromatic N) is 2. The second kappa shape index (κ2) is 2.49. The van der Waals surface area contributed by atoms with Crippen LogP contribution in [0, 0.1) is 0 Å². The Bertz CT molecular complexity index is 476. The van der Waals surface area contributed by atoms with Crippen molar-refractivity contribution in [1.29, 1.82) is 0 Å². The van der Waals surface area contributed by atoms with Gasteiger partial charge >= 0.3 is 0 Å². The molecule has 1 aliphatic heterocycles. The summed E-state index contributed by atoms with van der Waals surface area (Å²) < 4.78 is 0. The second-order valence-electron chi connectivity index (χ2n) is 3.13. The lowest BCUT2D eigenvalue weighted by Crippen LogP contribution is -2.39. The smallest absolute Gasteiger partial charge is 0.189 e. The van der Waals surface area contributed by atoms with Crippen LogP contribution in [0.5, 0.6) is 0 Å². The Hall–Kier alpha value is -2.01. The SMILES string of the molecule is NN1Nc2ccccc2-c2[nH]cnc21. The molecule has 0 atom stereocenters. The Labute approximate surface area is 80.5 Å². The zero-order valence-electron chi connectivity index (χ0n) is 7.36. The number of nitrogens with one attached hydrogen (secondary N) is 2. The summed E-state index contributed by atoms with van der Waals surface area (Å²) in [6.07, 6.45) is 1.63. The van der Waals surface area contributed by atoms with E-state index in [2.05, 4.69) is 15.4 Å². The van der Waals surface area contributed by atoms with E-state index in [9.17, 15) is 0 Å². The van der Waals surface area contributed by atoms with Crippen molar-refractivity contribution in [1.82, 2.24) is 9.97 Å². The molecule has 3 rings (SSSR count). The predicted octanol–water partition coefficient (Wildman–Crippen LogP) is 1.10. The predicted molar refractivity (Wildman–Crippen MR) is 54.3 cm³/mol. The molecule has 0 saturated carbocycles. The summed E-state index contributed by atoms with van der Waals surface area (Å²) in [6.45, 7) is 0. The van der Waals surface area contributed by atoms with Crippen molar-refractivity contribution in [2.75, 3.05) is 10.5 Å². The quantitative estimate of drug-likeness (QED) is 0.540. The lowest BCUT2D eigenvalue weighted by Gasteiger charge is -2.26. The van der Waals surface area contributed by atoms with Gasteiger partial charge in [0.1, 0.15) is 0 Å². The lowest BCUT2D eigenvalue weighted by molar-refractivity contribution is 0.957. The van der Waals surface area contributed by atoms with Gasteiger partial charge < -0.3 is 4.98 Å². The highest BCUT2D eigenvalue weighted by molar-refractivity contribution is 5.86. The molecule has 4 N–H and O–H groups in total. The van der Waals surface area contributed by atoms with Gasteiger partial charge in [-0.15, -0.1) is 0 Å². The van der Waals surface area contributed by atoms with E-state index in [4.69, 9.17) is 5.84 Å². The number of imidazole rings is 1. The molecule has 0 spiro atoms. The largest absolute Gasteiger partial charge is 0.343 e. The number of H-pyrrole nitrogens is 1. The summed E-state index contributed by atoms with van der Waals surface area (Å²) in [5.41, 5.74) is 6.04. The molecule has 0 saturated heterocycles. The first-order valence-electron chi connectivity index (χ1n) is 4.30. The van der Waals surface area contributed by atoms with E-state index < -0.39 is 0 Å². The van der Waals surface area contributed by atoms with Gasteiger partial charge in [-0.05, 0) is 6.07 Å². The van der Waals surface area contributed by atoms with Crippen molar-refractivity contribution >= 4 is 11.5 Å². The zero-order valence-corrected chi connectivity index (χ0v) is 7.36. The fourth-order valence-electron chi connectivity index (χ4n) is 1.65. The van der Waals surface area contributed by atoms with E-state index in [0.29, 0.717) is 5.82 Å². The lowest BCUT2D eigenvalue weighted by atomic mass is 10.1. The van der Waals surface area contributed by atoms with Gasteiger partial charge in [0, 0.05) is 5.56 Å². The first-order valence-corrected chi connectivity index (χ1v) is 4.30. The molecular weight excluding hydrogens is 178 g/mol. The molecule has 0 unspecified atom stereocenters. The molecule has 14 heavy (non-hydrogen) atoms. The van der Waals surface area contributed by atoms with Crippen molar-refractivity contribution in [2.45, 2.75) is 0 Å². The van der Waals surface area contributed by atoms with Crippen LogP contribution in [0.1, 0.15) is 0 Å². The number of nitrogens with two attached hydrogens (primary N) is 1. The van der Waals surface area contributed by atoms with Crippen molar-refractivity contribution in [3.8, 4) is 11.3 Å². The maximum absolute atomic E-state index is 5.75. The molecule has 2 aromatic rings. The Balaban J connectivity index is 2.29. The zero-order chi connectivity index (χ0) is 9.54. The Kier molecular flexibility index (Phi) is 1.32. The van der Waals surface area contributed by atoms with Crippen molar-refractivity contribution in [3.63, 3.8) is 0 Å². The minimum absolute atomic E-state index is 0.712. The van der Waals surface area contributed by atoms with E-state index in [1.54, 1.807) is 6.33 Å². The first kappa shape index (κ1) is 7.40. The average molecular weight is 187 g/mol. The van der Waals surface area contributed by atoms with Gasteiger partial charge in [-0.1, -0.05) is 18.2 Å². The van der Waals surface area contributed by atoms with Gasteiger partial charge in [0.25, 0.3) is 0 Å². The third kappa shape index (κ3) is 0.841. The normalized spacial score (nSPS) is 13.1. The number of fused-ring (bicyclic) bond motifs is 3. The van der Waals surface area contributed by atoms with Gasteiger partial charge in [0.05, 0.1) is 17.7 Å². The monoisotopic (exact) mass is 187 g/mol. The topological polar surface area (TPSA) is 70.0 Å². The van der Waals surface area contributed by atoms with E-state index >= 15 is 0 Å². The number of para-hydroxylation sites is 1. The number of aromatic amines is 1. The van der Waals surface area contributed by atoms with Gasteiger partial charge in [-0.3, -0.25) is 5.43 Å². The number of anilines is 2. The van der Waals surface area contributed by atoms with E-state index in [1.165, 1.54) is 5.12 Å². The molecule has 5 nitrogen and oxygen atoms in total. The molecule has 70 valence electrons. The Morgan fingerprint density at radius 1 is 1.29 bits per heavy atom. The average Bonchev–Trinajstić information content (AvgIpc) is 2.67. The highest BCUT2D eigenvalue weighted by atomic mass is 15.7. The van der Waals surface area contributed by atoms with Crippen LogP contribution < -0.4 is 16.4 Å². The third-order valence-electron chi connectivity index (χ3n) is 2.28. The summed E-state index contributed by atoms with van der Waals surface area (Å²) in [5.74, 6) is 6.46. The molecule has 0 amide bonds. The number of benzene rings is 1. The molecule has 1 aliphatic rings. The molecule has 2 heterocycles. The summed E-state index contributed by atoms with van der Waals surface area (Å²) in [4.78, 5) is 7.19. The molecule has 0 fully saturated rings. The second-order valence-corrected chi connectivity index (χ2v) is 3.13. The van der Waals surface area contributed by atoms with Crippen LogP contribution >= 0.6 is 0 Å². The van der Waals surface area contributed by atoms with Gasteiger partial charge in [0.2, 0.25) is 0 Å². The fourth-order valence-corrected chi connectivity index (χ4v) is 1.65. The summed E-state index contributed by atoms with van der Waals surface area (Å²) >= 11 is 0. The van der Waals surface area contributed by atoms with Crippen LogP contribution in [0.15, 0.2) is 30.6 Å². The van der Waals surface area contributed by atoms with Crippen LogP contribution in [0.4, 0.5) is 11.5 Å². The number of aromatic nitrogens is 2. The third-order valence-corrected chi connectivity index (χ3v) is 2.28. The molecule has 0 bridgehead atoms. The van der Waals surface area contributed by atoms with Crippen LogP contribution in [0.2, 0.25) is 0 Å². The Morgan fingerprint density at radius 2 is 2.14 bits per heavy atom.